The number of phosphoric ester groups is 2. The number of rotatable bonds is 70. The number of phosphoric acid groups is 2. The molecule has 0 aromatic carbocycles. The fourth-order valence-electron chi connectivity index (χ4n) is 9.98. The Hall–Kier alpha value is -3.27. The lowest BCUT2D eigenvalue weighted by Crippen LogP contribution is -2.30. The predicted molar refractivity (Wildman–Crippen MR) is 381 cm³/mol. The van der Waals surface area contributed by atoms with E-state index in [4.69, 9.17) is 32.3 Å². The van der Waals surface area contributed by atoms with Crippen molar-refractivity contribution in [1.29, 1.82) is 0 Å². The fourth-order valence-corrected chi connectivity index (χ4v) is 11.6. The van der Waals surface area contributed by atoms with E-state index in [1.54, 1.807) is 0 Å². The van der Waals surface area contributed by atoms with E-state index in [0.29, 0.717) is 19.3 Å². The summed E-state index contributed by atoms with van der Waals surface area (Å²) in [6.45, 7) is 2.55. The lowest BCUT2D eigenvalue weighted by molar-refractivity contribution is -0.161. The second kappa shape index (κ2) is 68.7. The van der Waals surface area contributed by atoms with Crippen molar-refractivity contribution in [3.63, 3.8) is 0 Å². The highest BCUT2D eigenvalue weighted by atomic mass is 31.2. The van der Waals surface area contributed by atoms with Gasteiger partial charge in [0, 0.05) is 19.3 Å². The molecule has 0 radical (unpaired) electrons. The monoisotopic (exact) mass is 1350 g/mol. The number of aliphatic hydroxyl groups excluding tert-OH is 2. The van der Waals surface area contributed by atoms with Crippen molar-refractivity contribution in [2.24, 2.45) is 0 Å². The van der Waals surface area contributed by atoms with Crippen LogP contribution >= 0.6 is 15.6 Å². The summed E-state index contributed by atoms with van der Waals surface area (Å²) in [6, 6.07) is 0. The number of esters is 3. The normalized spacial score (nSPS) is 14.6. The Morgan fingerprint density at radius 3 is 0.925 bits per heavy atom. The third-order valence-corrected chi connectivity index (χ3v) is 17.5. The average Bonchev–Trinajstić information content (AvgIpc) is 3.71. The Morgan fingerprint density at radius 2 is 0.570 bits per heavy atom. The van der Waals surface area contributed by atoms with Crippen molar-refractivity contribution in [2.45, 2.75) is 334 Å². The van der Waals surface area contributed by atoms with Gasteiger partial charge >= 0.3 is 33.6 Å². The third kappa shape index (κ3) is 69.9. The van der Waals surface area contributed by atoms with Gasteiger partial charge in [-0.3, -0.25) is 32.5 Å². The molecule has 0 aliphatic carbocycles. The molecule has 0 saturated heterocycles. The van der Waals surface area contributed by atoms with Crippen molar-refractivity contribution < 1.29 is 75.8 Å². The van der Waals surface area contributed by atoms with Gasteiger partial charge in [0.05, 0.1) is 26.4 Å². The number of hydrogen-bond acceptors (Lipinski definition) is 14. The van der Waals surface area contributed by atoms with Crippen LogP contribution in [-0.4, -0.2) is 95.9 Å². The van der Waals surface area contributed by atoms with Crippen molar-refractivity contribution in [2.75, 3.05) is 39.6 Å². The van der Waals surface area contributed by atoms with Crippen molar-refractivity contribution >= 4 is 33.6 Å². The van der Waals surface area contributed by atoms with E-state index in [1.165, 1.54) is 128 Å². The second-order valence-electron chi connectivity index (χ2n) is 24.7. The molecule has 0 aliphatic rings. The molecule has 5 unspecified atom stereocenters. The minimum atomic E-state index is -4.92. The lowest BCUT2D eigenvalue weighted by Gasteiger charge is -2.21. The molecule has 0 saturated carbocycles. The summed E-state index contributed by atoms with van der Waals surface area (Å²) in [4.78, 5) is 58.5. The Bertz CT molecular complexity index is 2040. The van der Waals surface area contributed by atoms with Crippen molar-refractivity contribution in [3.05, 3.63) is 85.1 Å². The SMILES string of the molecule is CC/C=C\C/C=C\C/C=C\C/C=C\C/C=C\CCCCCCCCCCCCCC(=O)OCC(O)COP(=O)(O)OCC(O)COP(=O)(O)OCC(COC(=O)CCCCCCC/C=C\C/C=C\CCCCC)OC(=O)CCCCCCCCCCCCCCCCC. The quantitative estimate of drug-likeness (QED) is 0.0146. The molecular formula is C75H134O16P2. The summed E-state index contributed by atoms with van der Waals surface area (Å²) in [7, 11) is -9.77. The van der Waals surface area contributed by atoms with E-state index in [2.05, 4.69) is 106 Å². The largest absolute Gasteiger partial charge is 0.472 e. The minimum Gasteiger partial charge on any atom is -0.463 e. The zero-order valence-corrected chi connectivity index (χ0v) is 60.5. The smallest absolute Gasteiger partial charge is 0.463 e. The average molecular weight is 1350 g/mol. The molecule has 0 spiro atoms. The lowest BCUT2D eigenvalue weighted by atomic mass is 10.0. The van der Waals surface area contributed by atoms with Crippen LogP contribution in [0.2, 0.25) is 0 Å². The Morgan fingerprint density at radius 1 is 0.312 bits per heavy atom. The first-order chi connectivity index (χ1) is 45.2. The number of carbonyl (C=O) groups is 3. The maximum atomic E-state index is 12.9. The summed E-state index contributed by atoms with van der Waals surface area (Å²) in [6.07, 6.45) is 74.9. The molecule has 4 N–H and O–H groups in total. The molecule has 0 amide bonds. The minimum absolute atomic E-state index is 0.107. The highest BCUT2D eigenvalue weighted by Gasteiger charge is 2.29. The van der Waals surface area contributed by atoms with E-state index in [1.807, 2.05) is 0 Å². The molecule has 5 atom stereocenters. The molecule has 540 valence electrons. The summed E-state index contributed by atoms with van der Waals surface area (Å²) >= 11 is 0. The highest BCUT2D eigenvalue weighted by Crippen LogP contribution is 2.45. The van der Waals surface area contributed by atoms with Gasteiger partial charge in [0.1, 0.15) is 25.4 Å². The van der Waals surface area contributed by atoms with Crippen LogP contribution in [0, 0.1) is 0 Å². The number of ether oxygens (including phenoxy) is 3. The summed E-state index contributed by atoms with van der Waals surface area (Å²) < 4.78 is 61.0. The van der Waals surface area contributed by atoms with Crippen LogP contribution in [-0.2, 0) is 55.8 Å². The van der Waals surface area contributed by atoms with E-state index in [0.717, 1.165) is 128 Å². The number of allylic oxidation sites excluding steroid dienone is 14. The van der Waals surface area contributed by atoms with Crippen molar-refractivity contribution in [3.8, 4) is 0 Å². The summed E-state index contributed by atoms with van der Waals surface area (Å²) in [5.74, 6) is -1.58. The third-order valence-electron chi connectivity index (χ3n) is 15.6. The van der Waals surface area contributed by atoms with Gasteiger partial charge in [0.2, 0.25) is 0 Å². The van der Waals surface area contributed by atoms with Crippen LogP contribution in [0.3, 0.4) is 0 Å². The van der Waals surface area contributed by atoms with Gasteiger partial charge in [-0.2, -0.15) is 0 Å². The molecule has 93 heavy (non-hydrogen) atoms. The summed E-state index contributed by atoms with van der Waals surface area (Å²) in [5, 5.41) is 20.6. The predicted octanol–water partition coefficient (Wildman–Crippen LogP) is 20.9. The van der Waals surface area contributed by atoms with Crippen LogP contribution < -0.4 is 0 Å². The van der Waals surface area contributed by atoms with E-state index >= 15 is 0 Å². The standard InChI is InChI=1S/C75H134O16P2/c1-4-7-10-13-16-19-22-25-28-29-30-31-32-33-34-35-36-37-38-39-42-44-46-49-52-55-58-61-73(78)85-64-70(76)65-87-92(81,82)88-66-71(77)67-89-93(83,84)90-69-72(91-75(80)63-60-57-54-51-48-45-41-27-24-21-18-15-12-9-6-3)68-86-74(79)62-59-56-53-50-47-43-40-26-23-20-17-14-11-8-5-2/h7,10,16-17,19-20,25-26,28,30-31,33-34,40,70-72,76-77H,4-6,8-9,11-15,18,21-24,27,29,32,35-39,41-69H2,1-3H3,(H,81,82)(H,83,84)/b10-7-,19-16-,20-17-,28-25-,31-30-,34-33-,40-26-. The van der Waals surface area contributed by atoms with E-state index < -0.39 is 91.5 Å². The molecule has 0 aliphatic heterocycles. The van der Waals surface area contributed by atoms with Gasteiger partial charge < -0.3 is 34.2 Å². The highest BCUT2D eigenvalue weighted by molar-refractivity contribution is 7.47. The Kier molecular flexibility index (Phi) is 66.2. The van der Waals surface area contributed by atoms with Gasteiger partial charge in [-0.15, -0.1) is 0 Å². The van der Waals surface area contributed by atoms with E-state index in [-0.39, 0.29) is 19.3 Å². The molecule has 0 aromatic rings. The van der Waals surface area contributed by atoms with Gasteiger partial charge in [-0.25, -0.2) is 9.13 Å². The topological polar surface area (TPSA) is 231 Å². The number of carbonyl (C=O) groups excluding carboxylic acids is 3. The van der Waals surface area contributed by atoms with Crippen LogP contribution in [0.15, 0.2) is 85.1 Å². The van der Waals surface area contributed by atoms with E-state index in [9.17, 15) is 43.5 Å². The molecule has 0 rings (SSSR count). The van der Waals surface area contributed by atoms with Crippen LogP contribution in [0.4, 0.5) is 0 Å². The number of hydrogen-bond donors (Lipinski definition) is 4. The first-order valence-electron chi connectivity index (χ1n) is 36.9. The van der Waals surface area contributed by atoms with Crippen LogP contribution in [0.5, 0.6) is 0 Å². The van der Waals surface area contributed by atoms with Gasteiger partial charge in [-0.1, -0.05) is 286 Å². The molecular weight excluding hydrogens is 1220 g/mol. The zero-order valence-electron chi connectivity index (χ0n) is 58.7. The maximum absolute atomic E-state index is 12.9. The maximum Gasteiger partial charge on any atom is 0.472 e. The van der Waals surface area contributed by atoms with Gasteiger partial charge in [0.25, 0.3) is 0 Å². The Labute approximate surface area is 565 Å². The van der Waals surface area contributed by atoms with Gasteiger partial charge in [0.15, 0.2) is 6.10 Å². The molecule has 0 heterocycles. The Balaban J connectivity index is 4.51. The molecule has 0 aromatic heterocycles. The molecule has 0 bridgehead atoms. The molecule has 18 heteroatoms. The molecule has 0 fully saturated rings. The number of unbranched alkanes of at least 4 members (excludes halogenated alkanes) is 33. The second-order valence-corrected chi connectivity index (χ2v) is 27.6. The van der Waals surface area contributed by atoms with Crippen LogP contribution in [0.25, 0.3) is 0 Å². The first-order valence-corrected chi connectivity index (χ1v) is 39.9. The fraction of sp³-hybridized carbons (Fsp3) is 0.773. The van der Waals surface area contributed by atoms with Crippen LogP contribution in [0.1, 0.15) is 316 Å². The van der Waals surface area contributed by atoms with Gasteiger partial charge in [-0.05, 0) is 96.3 Å². The zero-order chi connectivity index (χ0) is 68.1. The summed E-state index contributed by atoms with van der Waals surface area (Å²) in [5.41, 5.74) is 0. The number of aliphatic hydroxyl groups is 2. The van der Waals surface area contributed by atoms with Crippen molar-refractivity contribution in [1.82, 2.24) is 0 Å². The molecule has 16 nitrogen and oxygen atoms in total. The first kappa shape index (κ1) is 89.7.